The topological polar surface area (TPSA) is 66.9 Å². The van der Waals surface area contributed by atoms with Gasteiger partial charge in [0.05, 0.1) is 19.3 Å². The van der Waals surface area contributed by atoms with Gasteiger partial charge in [0.2, 0.25) is 15.9 Å². The molecule has 0 aromatic heterocycles. The first kappa shape index (κ1) is 18.0. The zero-order valence-corrected chi connectivity index (χ0v) is 14.9. The van der Waals surface area contributed by atoms with Crippen LogP contribution in [0.2, 0.25) is 5.02 Å². The van der Waals surface area contributed by atoms with Crippen LogP contribution >= 0.6 is 11.6 Å². The highest BCUT2D eigenvalue weighted by Gasteiger charge is 2.27. The molecule has 1 aliphatic heterocycles. The van der Waals surface area contributed by atoms with Crippen molar-refractivity contribution < 1.29 is 17.9 Å². The van der Waals surface area contributed by atoms with Gasteiger partial charge in [-0.05, 0) is 25.1 Å². The average Bonchev–Trinajstić information content (AvgIpc) is 2.55. The van der Waals surface area contributed by atoms with Crippen molar-refractivity contribution >= 4 is 27.5 Å². The van der Waals surface area contributed by atoms with Crippen LogP contribution < -0.4 is 4.74 Å². The predicted octanol–water partition coefficient (Wildman–Crippen LogP) is 1.39. The standard InChI is InChI=1S/C15H21ClN2O4S/c1-3-23(20,21)18-8-6-17(7-9-18)15(19)11-12-10-13(16)4-5-14(12)22-2/h4-5,10H,3,6-9,11H2,1-2H3. The van der Waals surface area contributed by atoms with Gasteiger partial charge in [0.1, 0.15) is 5.75 Å². The highest BCUT2D eigenvalue weighted by molar-refractivity contribution is 7.89. The minimum Gasteiger partial charge on any atom is -0.496 e. The molecular weight excluding hydrogens is 340 g/mol. The molecule has 0 unspecified atom stereocenters. The number of sulfonamides is 1. The number of nitrogens with zero attached hydrogens (tertiary/aromatic N) is 2. The summed E-state index contributed by atoms with van der Waals surface area (Å²) in [4.78, 5) is 14.1. The Morgan fingerprint density at radius 3 is 2.48 bits per heavy atom. The summed E-state index contributed by atoms with van der Waals surface area (Å²) in [6, 6.07) is 5.16. The van der Waals surface area contributed by atoms with E-state index in [4.69, 9.17) is 16.3 Å². The molecule has 2 rings (SSSR count). The van der Waals surface area contributed by atoms with E-state index in [-0.39, 0.29) is 18.1 Å². The van der Waals surface area contributed by atoms with Crippen molar-refractivity contribution in [2.45, 2.75) is 13.3 Å². The summed E-state index contributed by atoms with van der Waals surface area (Å²) in [5, 5.41) is 0.549. The molecule has 0 radical (unpaired) electrons. The number of piperazine rings is 1. The number of carbonyl (C=O) groups excluding carboxylic acids is 1. The lowest BCUT2D eigenvalue weighted by Crippen LogP contribution is -2.51. The molecule has 1 aliphatic rings. The van der Waals surface area contributed by atoms with E-state index < -0.39 is 10.0 Å². The minimum atomic E-state index is -3.19. The van der Waals surface area contributed by atoms with Crippen LogP contribution in [0.25, 0.3) is 0 Å². The first-order valence-corrected chi connectivity index (χ1v) is 9.44. The van der Waals surface area contributed by atoms with Crippen molar-refractivity contribution in [1.29, 1.82) is 0 Å². The van der Waals surface area contributed by atoms with Crippen LogP contribution in [-0.4, -0.2) is 62.6 Å². The van der Waals surface area contributed by atoms with Gasteiger partial charge in [-0.1, -0.05) is 11.6 Å². The fraction of sp³-hybridized carbons (Fsp3) is 0.533. The van der Waals surface area contributed by atoms with E-state index in [1.165, 1.54) is 4.31 Å². The van der Waals surface area contributed by atoms with Crippen molar-refractivity contribution in [3.05, 3.63) is 28.8 Å². The fourth-order valence-corrected chi connectivity index (χ4v) is 3.84. The molecule has 1 aromatic carbocycles. The van der Waals surface area contributed by atoms with Crippen LogP contribution in [0.15, 0.2) is 18.2 Å². The summed E-state index contributed by atoms with van der Waals surface area (Å²) in [5.74, 6) is 0.648. The maximum Gasteiger partial charge on any atom is 0.227 e. The maximum atomic E-state index is 12.4. The van der Waals surface area contributed by atoms with Gasteiger partial charge in [0, 0.05) is 36.8 Å². The van der Waals surface area contributed by atoms with Crippen molar-refractivity contribution in [3.63, 3.8) is 0 Å². The van der Waals surface area contributed by atoms with Gasteiger partial charge >= 0.3 is 0 Å². The fourth-order valence-electron chi connectivity index (χ4n) is 2.56. The van der Waals surface area contributed by atoms with E-state index in [1.54, 1.807) is 37.1 Å². The van der Waals surface area contributed by atoms with Gasteiger partial charge in [-0.15, -0.1) is 0 Å². The van der Waals surface area contributed by atoms with Crippen LogP contribution in [-0.2, 0) is 21.2 Å². The van der Waals surface area contributed by atoms with Gasteiger partial charge in [-0.25, -0.2) is 8.42 Å². The molecule has 0 spiro atoms. The second-order valence-corrected chi connectivity index (χ2v) is 8.01. The number of amides is 1. The summed E-state index contributed by atoms with van der Waals surface area (Å²) in [5.41, 5.74) is 0.730. The lowest BCUT2D eigenvalue weighted by molar-refractivity contribution is -0.131. The average molecular weight is 361 g/mol. The third kappa shape index (κ3) is 4.37. The Morgan fingerprint density at radius 1 is 1.26 bits per heavy atom. The summed E-state index contributed by atoms with van der Waals surface area (Å²) < 4.78 is 30.4. The van der Waals surface area contributed by atoms with Crippen LogP contribution in [0.3, 0.4) is 0 Å². The van der Waals surface area contributed by atoms with E-state index in [0.717, 1.165) is 5.56 Å². The number of methoxy groups -OCH3 is 1. The first-order valence-electron chi connectivity index (χ1n) is 7.45. The van der Waals surface area contributed by atoms with Crippen LogP contribution in [0.5, 0.6) is 5.75 Å². The number of rotatable bonds is 5. The summed E-state index contributed by atoms with van der Waals surface area (Å²) >= 11 is 5.97. The Hall–Kier alpha value is -1.31. The molecule has 0 N–H and O–H groups in total. The van der Waals surface area contributed by atoms with Gasteiger partial charge in [-0.3, -0.25) is 4.79 Å². The lowest BCUT2D eigenvalue weighted by Gasteiger charge is -2.34. The number of halogens is 1. The zero-order valence-electron chi connectivity index (χ0n) is 13.3. The molecule has 23 heavy (non-hydrogen) atoms. The number of hydrogen-bond donors (Lipinski definition) is 0. The molecule has 0 aliphatic carbocycles. The second-order valence-electron chi connectivity index (χ2n) is 5.31. The van der Waals surface area contributed by atoms with E-state index in [0.29, 0.717) is 37.0 Å². The number of ether oxygens (including phenoxy) is 1. The monoisotopic (exact) mass is 360 g/mol. The number of carbonyl (C=O) groups is 1. The molecule has 1 heterocycles. The van der Waals surface area contributed by atoms with E-state index in [2.05, 4.69) is 0 Å². The highest BCUT2D eigenvalue weighted by atomic mass is 35.5. The van der Waals surface area contributed by atoms with Crippen molar-refractivity contribution in [1.82, 2.24) is 9.21 Å². The quantitative estimate of drug-likeness (QED) is 0.795. The Morgan fingerprint density at radius 2 is 1.91 bits per heavy atom. The molecule has 128 valence electrons. The molecule has 0 saturated carbocycles. The van der Waals surface area contributed by atoms with E-state index >= 15 is 0 Å². The second kappa shape index (κ2) is 7.51. The highest BCUT2D eigenvalue weighted by Crippen LogP contribution is 2.23. The third-order valence-corrected chi connectivity index (χ3v) is 6.05. The molecule has 0 bridgehead atoms. The van der Waals surface area contributed by atoms with Gasteiger partial charge in [-0.2, -0.15) is 4.31 Å². The molecular formula is C15H21ClN2O4S. The largest absolute Gasteiger partial charge is 0.496 e. The Balaban J connectivity index is 2.00. The molecule has 1 saturated heterocycles. The first-order chi connectivity index (χ1) is 10.9. The molecule has 0 atom stereocenters. The van der Waals surface area contributed by atoms with E-state index in [1.807, 2.05) is 0 Å². The summed E-state index contributed by atoms with van der Waals surface area (Å²) in [7, 11) is -1.64. The minimum absolute atomic E-state index is 0.0564. The summed E-state index contributed by atoms with van der Waals surface area (Å²) in [6.07, 6.45) is 0.185. The molecule has 1 aromatic rings. The van der Waals surface area contributed by atoms with E-state index in [9.17, 15) is 13.2 Å². The Labute approximate surface area is 142 Å². The van der Waals surface area contributed by atoms with Gasteiger partial charge < -0.3 is 9.64 Å². The van der Waals surface area contributed by atoms with Gasteiger partial charge in [0.15, 0.2) is 0 Å². The molecule has 1 amide bonds. The Kier molecular flexibility index (Phi) is 5.89. The zero-order chi connectivity index (χ0) is 17.0. The lowest BCUT2D eigenvalue weighted by atomic mass is 10.1. The molecule has 6 nitrogen and oxygen atoms in total. The smallest absolute Gasteiger partial charge is 0.227 e. The van der Waals surface area contributed by atoms with Crippen molar-refractivity contribution in [2.24, 2.45) is 0 Å². The SMILES string of the molecule is CCS(=O)(=O)N1CCN(C(=O)Cc2cc(Cl)ccc2OC)CC1. The van der Waals surface area contributed by atoms with Gasteiger partial charge in [0.25, 0.3) is 0 Å². The summed E-state index contributed by atoms with van der Waals surface area (Å²) in [6.45, 7) is 3.11. The third-order valence-electron chi connectivity index (χ3n) is 3.93. The number of benzene rings is 1. The molecule has 8 heteroatoms. The molecule has 1 fully saturated rings. The van der Waals surface area contributed by atoms with Crippen LogP contribution in [0.4, 0.5) is 0 Å². The number of hydrogen-bond acceptors (Lipinski definition) is 4. The predicted molar refractivity (Wildman–Crippen MR) is 89.3 cm³/mol. The van der Waals surface area contributed by atoms with Crippen LogP contribution in [0.1, 0.15) is 12.5 Å². The van der Waals surface area contributed by atoms with Crippen molar-refractivity contribution in [3.8, 4) is 5.75 Å². The Bertz CT molecular complexity index is 670. The van der Waals surface area contributed by atoms with Crippen LogP contribution in [0, 0.1) is 0 Å². The maximum absolute atomic E-state index is 12.4. The normalized spacial score (nSPS) is 16.4. The van der Waals surface area contributed by atoms with Crippen molar-refractivity contribution in [2.75, 3.05) is 39.0 Å².